The summed E-state index contributed by atoms with van der Waals surface area (Å²) in [5, 5.41) is 0. The van der Waals surface area contributed by atoms with Crippen LogP contribution in [0.3, 0.4) is 0 Å². The van der Waals surface area contributed by atoms with Gasteiger partial charge in [0.15, 0.2) is 0 Å². The second-order valence-electron chi connectivity index (χ2n) is 9.93. The minimum absolute atomic E-state index is 0.00346. The molecule has 0 aromatic heterocycles. The number of rotatable bonds is 8. The van der Waals surface area contributed by atoms with E-state index in [1.807, 2.05) is 0 Å². The van der Waals surface area contributed by atoms with Crippen LogP contribution in [0, 0.1) is 6.92 Å². The van der Waals surface area contributed by atoms with E-state index in [0.29, 0.717) is 0 Å². The monoisotopic (exact) mass is 442 g/mol. The second-order valence-corrected chi connectivity index (χ2v) is 9.93. The second kappa shape index (κ2) is 11.8. The molecule has 0 unspecified atom stereocenters. The van der Waals surface area contributed by atoms with Crippen molar-refractivity contribution >= 4 is 6.15 Å². The van der Waals surface area contributed by atoms with Crippen molar-refractivity contribution in [3.63, 3.8) is 0 Å². The van der Waals surface area contributed by atoms with Crippen LogP contribution < -0.4 is 0 Å². The first-order valence-corrected chi connectivity index (χ1v) is 11.9. The van der Waals surface area contributed by atoms with Crippen LogP contribution in [-0.4, -0.2) is 6.15 Å². The van der Waals surface area contributed by atoms with E-state index in [-0.39, 0.29) is 17.0 Å². The quantitative estimate of drug-likeness (QED) is 0.334. The van der Waals surface area contributed by atoms with Crippen molar-refractivity contribution in [3.05, 3.63) is 106 Å². The number of unbranched alkanes of at least 4 members (excludes halogenated alkanes) is 2. The van der Waals surface area contributed by atoms with Crippen LogP contribution in [0.2, 0.25) is 0 Å². The molecular formula is C31H38O2. The van der Waals surface area contributed by atoms with Gasteiger partial charge in [-0.15, -0.1) is 0 Å². The molecular weight excluding hydrogens is 404 g/mol. The average molecular weight is 443 g/mol. The molecule has 0 aliphatic carbocycles. The first-order valence-electron chi connectivity index (χ1n) is 11.9. The zero-order valence-corrected chi connectivity index (χ0v) is 21.1. The highest BCUT2D eigenvalue weighted by Gasteiger charge is 2.26. The van der Waals surface area contributed by atoms with Gasteiger partial charge in [-0.05, 0) is 47.6 Å². The third kappa shape index (κ3) is 6.76. The van der Waals surface area contributed by atoms with Crippen LogP contribution in [-0.2, 0) is 26.8 Å². The van der Waals surface area contributed by atoms with Gasteiger partial charge in [0, 0.05) is 10.8 Å². The van der Waals surface area contributed by atoms with E-state index >= 15 is 0 Å². The molecule has 3 aromatic carbocycles. The molecule has 0 spiro atoms. The third-order valence-corrected chi connectivity index (χ3v) is 6.85. The molecule has 0 saturated heterocycles. The van der Waals surface area contributed by atoms with E-state index in [1.54, 1.807) is 0 Å². The lowest BCUT2D eigenvalue weighted by Gasteiger charge is -2.29. The van der Waals surface area contributed by atoms with Crippen molar-refractivity contribution < 1.29 is 9.59 Å². The number of carbonyl (C=O) groups excluding carboxylic acids is 2. The largest absolute Gasteiger partial charge is 0.373 e. The van der Waals surface area contributed by atoms with Crippen LogP contribution in [0.4, 0.5) is 0 Å². The summed E-state index contributed by atoms with van der Waals surface area (Å²) >= 11 is 0. The lowest BCUT2D eigenvalue weighted by molar-refractivity contribution is -0.191. The van der Waals surface area contributed by atoms with Gasteiger partial charge in [-0.3, -0.25) is 0 Å². The maximum absolute atomic E-state index is 8.12. The molecule has 0 atom stereocenters. The van der Waals surface area contributed by atoms with E-state index in [2.05, 4.69) is 114 Å². The fourth-order valence-electron chi connectivity index (χ4n) is 4.27. The fraction of sp³-hybridized carbons (Fsp3) is 0.387. The molecule has 3 aromatic rings. The van der Waals surface area contributed by atoms with Crippen LogP contribution in [0.1, 0.15) is 87.3 Å². The van der Waals surface area contributed by atoms with Crippen molar-refractivity contribution in [2.24, 2.45) is 0 Å². The summed E-state index contributed by atoms with van der Waals surface area (Å²) in [5.74, 6) is 0. The number of aryl methyl sites for hydroxylation is 2. The van der Waals surface area contributed by atoms with Crippen molar-refractivity contribution in [2.45, 2.75) is 78.1 Å². The van der Waals surface area contributed by atoms with Gasteiger partial charge in [-0.2, -0.15) is 9.59 Å². The Bertz CT molecular complexity index is 1020. The van der Waals surface area contributed by atoms with Gasteiger partial charge in [0.2, 0.25) is 0 Å². The van der Waals surface area contributed by atoms with E-state index in [4.69, 9.17) is 9.59 Å². The predicted octanol–water partition coefficient (Wildman–Crippen LogP) is 7.80. The first-order chi connectivity index (χ1) is 15.7. The SMILES string of the molecule is CCCCCc1ccc(C(C)(C)c2ccc(C(C)(C)c3ccc(C)cc3)cc2)cc1.O=C=O. The van der Waals surface area contributed by atoms with Crippen LogP contribution in [0.5, 0.6) is 0 Å². The molecule has 0 N–H and O–H groups in total. The molecule has 0 bridgehead atoms. The van der Waals surface area contributed by atoms with E-state index in [9.17, 15) is 0 Å². The summed E-state index contributed by atoms with van der Waals surface area (Å²) in [5.41, 5.74) is 8.22. The number of hydrogen-bond donors (Lipinski definition) is 0. The van der Waals surface area contributed by atoms with Crippen LogP contribution in [0.25, 0.3) is 0 Å². The molecule has 0 heterocycles. The molecule has 2 heteroatoms. The molecule has 174 valence electrons. The summed E-state index contributed by atoms with van der Waals surface area (Å²) in [4.78, 5) is 16.2. The van der Waals surface area contributed by atoms with E-state index in [1.165, 1.54) is 59.1 Å². The van der Waals surface area contributed by atoms with Crippen LogP contribution in [0.15, 0.2) is 72.8 Å². The summed E-state index contributed by atoms with van der Waals surface area (Å²) < 4.78 is 0. The Kier molecular flexibility index (Phi) is 9.38. The minimum atomic E-state index is -0.00548. The van der Waals surface area contributed by atoms with Gasteiger partial charge in [0.1, 0.15) is 0 Å². The van der Waals surface area contributed by atoms with Gasteiger partial charge >= 0.3 is 6.15 Å². The zero-order chi connectivity index (χ0) is 24.5. The molecule has 0 fully saturated rings. The van der Waals surface area contributed by atoms with Gasteiger partial charge in [-0.25, -0.2) is 0 Å². The number of hydrogen-bond acceptors (Lipinski definition) is 2. The molecule has 0 saturated carbocycles. The summed E-state index contributed by atoms with van der Waals surface area (Å²) in [7, 11) is 0. The molecule has 2 nitrogen and oxygen atoms in total. The normalized spacial score (nSPS) is 11.3. The highest BCUT2D eigenvalue weighted by Crippen LogP contribution is 2.35. The molecule has 0 radical (unpaired) electrons. The minimum Gasteiger partial charge on any atom is -0.186 e. The van der Waals surface area contributed by atoms with E-state index < -0.39 is 0 Å². The Labute approximate surface area is 200 Å². The van der Waals surface area contributed by atoms with Crippen molar-refractivity contribution in [1.82, 2.24) is 0 Å². The fourth-order valence-corrected chi connectivity index (χ4v) is 4.27. The van der Waals surface area contributed by atoms with Gasteiger partial charge in [0.25, 0.3) is 0 Å². The summed E-state index contributed by atoms with van der Waals surface area (Å²) in [6.45, 7) is 13.7. The Hall–Kier alpha value is -2.96. The molecule has 33 heavy (non-hydrogen) atoms. The van der Waals surface area contributed by atoms with E-state index in [0.717, 1.165) is 0 Å². The number of benzene rings is 3. The summed E-state index contributed by atoms with van der Waals surface area (Å²) in [6.07, 6.45) is 5.33. The first kappa shape index (κ1) is 26.3. The van der Waals surface area contributed by atoms with Gasteiger partial charge in [-0.1, -0.05) is 126 Å². The molecule has 3 rings (SSSR count). The van der Waals surface area contributed by atoms with Crippen molar-refractivity contribution in [1.29, 1.82) is 0 Å². The molecule has 0 amide bonds. The maximum atomic E-state index is 8.12. The molecule has 0 aliphatic rings. The Morgan fingerprint density at radius 1 is 0.606 bits per heavy atom. The van der Waals surface area contributed by atoms with Crippen molar-refractivity contribution in [3.8, 4) is 0 Å². The average Bonchev–Trinajstić information content (AvgIpc) is 2.80. The Balaban J connectivity index is 0.00000122. The predicted molar refractivity (Wildman–Crippen MR) is 137 cm³/mol. The lowest BCUT2D eigenvalue weighted by atomic mass is 9.74. The van der Waals surface area contributed by atoms with Crippen molar-refractivity contribution in [2.75, 3.05) is 0 Å². The summed E-state index contributed by atoms with van der Waals surface area (Å²) in [6, 6.07) is 27.5. The van der Waals surface area contributed by atoms with Gasteiger partial charge in [0.05, 0.1) is 0 Å². The third-order valence-electron chi connectivity index (χ3n) is 6.85. The molecule has 0 aliphatic heterocycles. The Morgan fingerprint density at radius 3 is 1.30 bits per heavy atom. The lowest BCUT2D eigenvalue weighted by Crippen LogP contribution is -2.21. The standard InChI is InChI=1S/C30H38.CO2/c1-7-8-9-10-24-13-17-26(18-14-24)30(5,6)28-21-19-27(20-22-28)29(3,4)25-15-11-23(2)12-16-25;2-1-3/h11-22H,7-10H2,1-6H3;. The highest BCUT2D eigenvalue weighted by molar-refractivity contribution is 5.44. The maximum Gasteiger partial charge on any atom is 0.373 e. The highest BCUT2D eigenvalue weighted by atomic mass is 16.2. The smallest absolute Gasteiger partial charge is 0.186 e. The Morgan fingerprint density at radius 2 is 0.939 bits per heavy atom. The zero-order valence-electron chi connectivity index (χ0n) is 21.1. The topological polar surface area (TPSA) is 34.1 Å². The van der Waals surface area contributed by atoms with Crippen LogP contribution >= 0.6 is 0 Å². The van der Waals surface area contributed by atoms with Gasteiger partial charge < -0.3 is 0 Å².